The maximum absolute atomic E-state index is 12.3. The van der Waals surface area contributed by atoms with E-state index in [1.165, 1.54) is 11.8 Å². The monoisotopic (exact) mass is 394 g/mol. The second kappa shape index (κ2) is 9.33. The van der Waals surface area contributed by atoms with E-state index in [1.54, 1.807) is 6.20 Å². The Kier molecular flexibility index (Phi) is 6.61. The van der Waals surface area contributed by atoms with Crippen molar-refractivity contribution in [2.24, 2.45) is 0 Å². The molecule has 0 atom stereocenters. The van der Waals surface area contributed by atoms with Gasteiger partial charge in [0, 0.05) is 23.8 Å². The van der Waals surface area contributed by atoms with Gasteiger partial charge in [-0.25, -0.2) is 9.97 Å². The van der Waals surface area contributed by atoms with Gasteiger partial charge in [-0.2, -0.15) is 0 Å². The first-order chi connectivity index (χ1) is 13.6. The number of hydrogen-bond donors (Lipinski definition) is 1. The summed E-state index contributed by atoms with van der Waals surface area (Å²) in [5, 5.41) is 3.56. The van der Waals surface area contributed by atoms with Gasteiger partial charge in [-0.15, -0.1) is 0 Å². The summed E-state index contributed by atoms with van der Waals surface area (Å²) in [7, 11) is 0. The first-order valence-electron chi connectivity index (χ1n) is 9.25. The van der Waals surface area contributed by atoms with Crippen LogP contribution in [0.1, 0.15) is 28.5 Å². The standard InChI is InChI=1S/C22H23ClN4O/c1-3-27(19-9-4-6-16(2)12-19)21-15-25-20(14-26-21)22(28)24-11-10-17-7-5-8-18(23)13-17/h4-9,12-15H,3,10-11H2,1-2H3,(H,24,28). The molecular weight excluding hydrogens is 372 g/mol. The highest BCUT2D eigenvalue weighted by atomic mass is 35.5. The van der Waals surface area contributed by atoms with Crippen LogP contribution in [0.4, 0.5) is 11.5 Å². The summed E-state index contributed by atoms with van der Waals surface area (Å²) in [4.78, 5) is 23.1. The van der Waals surface area contributed by atoms with Crippen molar-refractivity contribution in [3.63, 3.8) is 0 Å². The molecule has 0 radical (unpaired) electrons. The predicted octanol–water partition coefficient (Wildman–Crippen LogP) is 4.57. The van der Waals surface area contributed by atoms with Crippen LogP contribution in [0.3, 0.4) is 0 Å². The molecule has 0 saturated heterocycles. The van der Waals surface area contributed by atoms with Gasteiger partial charge in [0.2, 0.25) is 0 Å². The number of nitrogens with one attached hydrogen (secondary N) is 1. The number of hydrogen-bond acceptors (Lipinski definition) is 4. The number of amides is 1. The fourth-order valence-corrected chi connectivity index (χ4v) is 3.17. The molecule has 0 unspecified atom stereocenters. The Bertz CT molecular complexity index is 943. The Morgan fingerprint density at radius 2 is 1.93 bits per heavy atom. The van der Waals surface area contributed by atoms with E-state index in [2.05, 4.69) is 46.2 Å². The fraction of sp³-hybridized carbons (Fsp3) is 0.227. The maximum atomic E-state index is 12.3. The Balaban J connectivity index is 1.62. The van der Waals surface area contributed by atoms with Crippen LogP contribution in [0.2, 0.25) is 5.02 Å². The summed E-state index contributed by atoms with van der Waals surface area (Å²) in [5.74, 6) is 0.475. The Hall–Kier alpha value is -2.92. The summed E-state index contributed by atoms with van der Waals surface area (Å²) in [6, 6.07) is 15.8. The van der Waals surface area contributed by atoms with Gasteiger partial charge in [0.25, 0.3) is 5.91 Å². The Morgan fingerprint density at radius 1 is 1.11 bits per heavy atom. The minimum atomic E-state index is -0.236. The molecule has 5 nitrogen and oxygen atoms in total. The zero-order chi connectivity index (χ0) is 19.9. The van der Waals surface area contributed by atoms with E-state index in [4.69, 9.17) is 11.6 Å². The number of carbonyl (C=O) groups is 1. The van der Waals surface area contributed by atoms with Gasteiger partial charge in [-0.3, -0.25) is 4.79 Å². The Labute approximate surface area is 170 Å². The van der Waals surface area contributed by atoms with Crippen LogP contribution in [0, 0.1) is 6.92 Å². The third-order valence-electron chi connectivity index (χ3n) is 4.37. The maximum Gasteiger partial charge on any atom is 0.271 e. The number of carbonyl (C=O) groups excluding carboxylic acids is 1. The number of nitrogens with zero attached hydrogens (tertiary/aromatic N) is 3. The SMILES string of the molecule is CCN(c1cccc(C)c1)c1cnc(C(=O)NCCc2cccc(Cl)c2)cn1. The van der Waals surface area contributed by atoms with E-state index >= 15 is 0 Å². The molecule has 0 spiro atoms. The number of aromatic nitrogens is 2. The van der Waals surface area contributed by atoms with E-state index in [0.29, 0.717) is 29.5 Å². The minimum absolute atomic E-state index is 0.236. The Morgan fingerprint density at radius 3 is 2.61 bits per heavy atom. The van der Waals surface area contributed by atoms with Gasteiger partial charge in [0.15, 0.2) is 5.82 Å². The van der Waals surface area contributed by atoms with Crippen molar-refractivity contribution in [3.8, 4) is 0 Å². The van der Waals surface area contributed by atoms with Gasteiger partial charge in [0.1, 0.15) is 5.69 Å². The molecule has 0 bridgehead atoms. The summed E-state index contributed by atoms with van der Waals surface area (Å²) < 4.78 is 0. The molecule has 0 aliphatic carbocycles. The van der Waals surface area contributed by atoms with Gasteiger partial charge in [-0.05, 0) is 55.7 Å². The molecule has 0 saturated carbocycles. The summed E-state index contributed by atoms with van der Waals surface area (Å²) in [6.45, 7) is 5.37. The third kappa shape index (κ3) is 5.08. The molecule has 1 aromatic heterocycles. The van der Waals surface area contributed by atoms with Crippen LogP contribution in [0.5, 0.6) is 0 Å². The molecule has 1 N–H and O–H groups in total. The minimum Gasteiger partial charge on any atom is -0.350 e. The molecule has 0 aliphatic rings. The fourth-order valence-electron chi connectivity index (χ4n) is 2.95. The van der Waals surface area contributed by atoms with Crippen molar-refractivity contribution < 1.29 is 4.79 Å². The summed E-state index contributed by atoms with van der Waals surface area (Å²) >= 11 is 5.98. The third-order valence-corrected chi connectivity index (χ3v) is 4.60. The molecule has 2 aromatic carbocycles. The largest absolute Gasteiger partial charge is 0.350 e. The van der Waals surface area contributed by atoms with E-state index in [0.717, 1.165) is 17.8 Å². The lowest BCUT2D eigenvalue weighted by Crippen LogP contribution is -2.27. The van der Waals surface area contributed by atoms with E-state index in [1.807, 2.05) is 36.4 Å². The average Bonchev–Trinajstić information content (AvgIpc) is 2.69. The van der Waals surface area contributed by atoms with Gasteiger partial charge >= 0.3 is 0 Å². The number of benzene rings is 2. The molecule has 3 rings (SSSR count). The van der Waals surface area contributed by atoms with Crippen LogP contribution < -0.4 is 10.2 Å². The average molecular weight is 395 g/mol. The second-order valence-electron chi connectivity index (χ2n) is 6.48. The topological polar surface area (TPSA) is 58.1 Å². The molecule has 6 heteroatoms. The normalized spacial score (nSPS) is 10.5. The first kappa shape index (κ1) is 19.8. The van der Waals surface area contributed by atoms with Crippen molar-refractivity contribution >= 4 is 29.0 Å². The number of aryl methyl sites for hydroxylation is 1. The van der Waals surface area contributed by atoms with Crippen LogP contribution in [0.15, 0.2) is 60.9 Å². The summed E-state index contributed by atoms with van der Waals surface area (Å²) in [5.41, 5.74) is 3.61. The predicted molar refractivity (Wildman–Crippen MR) is 113 cm³/mol. The van der Waals surface area contributed by atoms with E-state index in [9.17, 15) is 4.79 Å². The van der Waals surface area contributed by atoms with E-state index in [-0.39, 0.29) is 5.91 Å². The van der Waals surface area contributed by atoms with Crippen LogP contribution in [-0.2, 0) is 6.42 Å². The molecule has 28 heavy (non-hydrogen) atoms. The van der Waals surface area contributed by atoms with Gasteiger partial charge in [-0.1, -0.05) is 35.9 Å². The highest BCUT2D eigenvalue weighted by molar-refractivity contribution is 6.30. The number of halogens is 1. The zero-order valence-electron chi connectivity index (χ0n) is 16.0. The second-order valence-corrected chi connectivity index (χ2v) is 6.92. The molecule has 0 fully saturated rings. The lowest BCUT2D eigenvalue weighted by Gasteiger charge is -2.22. The van der Waals surface area contributed by atoms with Crippen molar-refractivity contribution in [3.05, 3.63) is 82.8 Å². The zero-order valence-corrected chi connectivity index (χ0v) is 16.8. The van der Waals surface area contributed by atoms with Crippen LogP contribution in [0.25, 0.3) is 0 Å². The van der Waals surface area contributed by atoms with Gasteiger partial charge < -0.3 is 10.2 Å². The summed E-state index contributed by atoms with van der Waals surface area (Å²) in [6.07, 6.45) is 3.86. The van der Waals surface area contributed by atoms with Crippen molar-refractivity contribution in [2.45, 2.75) is 20.3 Å². The lowest BCUT2D eigenvalue weighted by atomic mass is 10.1. The molecular formula is C22H23ClN4O. The molecule has 3 aromatic rings. The quantitative estimate of drug-likeness (QED) is 0.637. The molecule has 1 amide bonds. The van der Waals surface area contributed by atoms with Crippen molar-refractivity contribution in [2.75, 3.05) is 18.0 Å². The van der Waals surface area contributed by atoms with Crippen molar-refractivity contribution in [1.29, 1.82) is 0 Å². The van der Waals surface area contributed by atoms with E-state index < -0.39 is 0 Å². The molecule has 0 aliphatic heterocycles. The van der Waals surface area contributed by atoms with Crippen molar-refractivity contribution in [1.82, 2.24) is 15.3 Å². The highest BCUT2D eigenvalue weighted by Gasteiger charge is 2.12. The first-order valence-corrected chi connectivity index (χ1v) is 9.63. The lowest BCUT2D eigenvalue weighted by molar-refractivity contribution is 0.0949. The van der Waals surface area contributed by atoms with Gasteiger partial charge in [0.05, 0.1) is 12.4 Å². The van der Waals surface area contributed by atoms with Crippen LogP contribution >= 0.6 is 11.6 Å². The molecule has 1 heterocycles. The van der Waals surface area contributed by atoms with Crippen LogP contribution in [-0.4, -0.2) is 29.0 Å². The smallest absolute Gasteiger partial charge is 0.271 e. The number of rotatable bonds is 7. The molecule has 144 valence electrons. The highest BCUT2D eigenvalue weighted by Crippen LogP contribution is 2.23. The number of anilines is 2.